The van der Waals surface area contributed by atoms with Gasteiger partial charge in [0.25, 0.3) is 5.91 Å². The fourth-order valence-electron chi connectivity index (χ4n) is 2.86. The molecule has 0 radical (unpaired) electrons. The molecule has 1 amide bonds. The van der Waals surface area contributed by atoms with Crippen LogP contribution in [0.3, 0.4) is 0 Å². The van der Waals surface area contributed by atoms with Gasteiger partial charge in [-0.25, -0.2) is 0 Å². The van der Waals surface area contributed by atoms with Crippen LogP contribution in [-0.4, -0.2) is 23.7 Å². The average Bonchev–Trinajstić information content (AvgIpc) is 2.55. The Labute approximate surface area is 153 Å². The molecule has 132 valence electrons. The van der Waals surface area contributed by atoms with Gasteiger partial charge in [0.05, 0.1) is 0 Å². The molecule has 24 heavy (non-hydrogen) atoms. The molecule has 0 unspecified atom stereocenters. The van der Waals surface area contributed by atoms with Crippen LogP contribution in [0, 0.1) is 11.8 Å². The Morgan fingerprint density at radius 1 is 1.33 bits per heavy atom. The Morgan fingerprint density at radius 2 is 2.12 bits per heavy atom. The first-order chi connectivity index (χ1) is 11.5. The van der Waals surface area contributed by atoms with E-state index in [1.807, 2.05) is 0 Å². The van der Waals surface area contributed by atoms with E-state index in [9.17, 15) is 4.79 Å². The molecule has 1 aliphatic rings. The molecule has 3 atom stereocenters. The standard InChI is InChI=1S/C17H24ClN3O2S/c1-11-5-3-8-15(12(11)2)19-17(24)21-20-16(22)10-23-14-7-4-6-13(18)9-14/h4,6-7,9,11-12,15H,3,5,8,10H2,1-2H3,(H,20,22)(H2,19,21,24)/t11-,12-,15-/m1/s1. The van der Waals surface area contributed by atoms with Crippen LogP contribution in [0.4, 0.5) is 0 Å². The summed E-state index contributed by atoms with van der Waals surface area (Å²) in [6, 6.07) is 7.24. The lowest BCUT2D eigenvalue weighted by Crippen LogP contribution is -2.53. The van der Waals surface area contributed by atoms with E-state index in [2.05, 4.69) is 30.0 Å². The number of carbonyl (C=O) groups excluding carboxylic acids is 1. The summed E-state index contributed by atoms with van der Waals surface area (Å²) < 4.78 is 5.36. The molecule has 3 N–H and O–H groups in total. The number of ether oxygens (including phenoxy) is 1. The van der Waals surface area contributed by atoms with E-state index < -0.39 is 0 Å². The Balaban J connectivity index is 1.68. The summed E-state index contributed by atoms with van der Waals surface area (Å²) in [7, 11) is 0. The maximum absolute atomic E-state index is 11.8. The highest BCUT2D eigenvalue weighted by atomic mass is 35.5. The number of thiocarbonyl (C=S) groups is 1. The van der Waals surface area contributed by atoms with Gasteiger partial charge in [-0.05, 0) is 48.7 Å². The fraction of sp³-hybridized carbons (Fsp3) is 0.529. The van der Waals surface area contributed by atoms with Crippen LogP contribution in [0.2, 0.25) is 5.02 Å². The Kier molecular flexibility index (Phi) is 7.12. The lowest BCUT2D eigenvalue weighted by molar-refractivity contribution is -0.123. The SMILES string of the molecule is C[C@@H]1[C@H](C)CCC[C@H]1NC(=S)NNC(=O)COc1cccc(Cl)c1. The van der Waals surface area contributed by atoms with Gasteiger partial charge in [0.15, 0.2) is 11.7 Å². The van der Waals surface area contributed by atoms with Crippen LogP contribution in [0.1, 0.15) is 33.1 Å². The molecule has 1 aromatic carbocycles. The number of hydrazine groups is 1. The first-order valence-electron chi connectivity index (χ1n) is 8.19. The number of rotatable bonds is 4. The maximum Gasteiger partial charge on any atom is 0.276 e. The molecule has 1 aromatic rings. The summed E-state index contributed by atoms with van der Waals surface area (Å²) in [5.41, 5.74) is 5.26. The smallest absolute Gasteiger partial charge is 0.276 e. The first-order valence-corrected chi connectivity index (χ1v) is 8.98. The lowest BCUT2D eigenvalue weighted by atomic mass is 9.78. The number of nitrogens with one attached hydrogen (secondary N) is 3. The number of hydrogen-bond acceptors (Lipinski definition) is 3. The van der Waals surface area contributed by atoms with Crippen molar-refractivity contribution in [3.63, 3.8) is 0 Å². The molecule has 7 heteroatoms. The number of benzene rings is 1. The highest BCUT2D eigenvalue weighted by Gasteiger charge is 2.27. The molecule has 1 aliphatic carbocycles. The van der Waals surface area contributed by atoms with E-state index >= 15 is 0 Å². The van der Waals surface area contributed by atoms with Gasteiger partial charge in [0.1, 0.15) is 5.75 Å². The fourth-order valence-corrected chi connectivity index (χ4v) is 3.24. The monoisotopic (exact) mass is 369 g/mol. The third-order valence-electron chi connectivity index (χ3n) is 4.50. The predicted molar refractivity (Wildman–Crippen MR) is 99.9 cm³/mol. The summed E-state index contributed by atoms with van der Waals surface area (Å²) in [5, 5.41) is 4.27. The zero-order valence-electron chi connectivity index (χ0n) is 14.0. The third kappa shape index (κ3) is 5.83. The van der Waals surface area contributed by atoms with E-state index in [1.54, 1.807) is 24.3 Å². The number of hydrogen-bond donors (Lipinski definition) is 3. The highest BCUT2D eigenvalue weighted by Crippen LogP contribution is 2.29. The Bertz CT molecular complexity index is 585. The van der Waals surface area contributed by atoms with Crippen LogP contribution in [0.25, 0.3) is 0 Å². The minimum Gasteiger partial charge on any atom is -0.484 e. The molecule has 5 nitrogen and oxygen atoms in total. The maximum atomic E-state index is 11.8. The van der Waals surface area contributed by atoms with Crippen LogP contribution in [0.15, 0.2) is 24.3 Å². The van der Waals surface area contributed by atoms with Crippen molar-refractivity contribution >= 4 is 34.8 Å². The highest BCUT2D eigenvalue weighted by molar-refractivity contribution is 7.80. The van der Waals surface area contributed by atoms with Gasteiger partial charge >= 0.3 is 0 Å². The summed E-state index contributed by atoms with van der Waals surface area (Å²) in [6.07, 6.45) is 3.56. The van der Waals surface area contributed by atoms with Crippen LogP contribution < -0.4 is 20.9 Å². The topological polar surface area (TPSA) is 62.4 Å². The largest absolute Gasteiger partial charge is 0.484 e. The van der Waals surface area contributed by atoms with Crippen molar-refractivity contribution in [2.45, 2.75) is 39.2 Å². The van der Waals surface area contributed by atoms with Crippen molar-refractivity contribution in [2.75, 3.05) is 6.61 Å². The molecule has 0 spiro atoms. The number of carbonyl (C=O) groups is 1. The second kappa shape index (κ2) is 9.08. The summed E-state index contributed by atoms with van der Waals surface area (Å²) >= 11 is 11.1. The Morgan fingerprint density at radius 3 is 2.88 bits per heavy atom. The molecule has 0 saturated heterocycles. The van der Waals surface area contributed by atoms with Crippen molar-refractivity contribution < 1.29 is 9.53 Å². The van der Waals surface area contributed by atoms with Gasteiger partial charge in [-0.15, -0.1) is 0 Å². The summed E-state index contributed by atoms with van der Waals surface area (Å²) in [4.78, 5) is 11.8. The Hall–Kier alpha value is -1.53. The molecule has 0 bridgehead atoms. The van der Waals surface area contributed by atoms with Crippen molar-refractivity contribution in [1.82, 2.24) is 16.2 Å². The second-order valence-electron chi connectivity index (χ2n) is 6.27. The zero-order valence-corrected chi connectivity index (χ0v) is 15.5. The van der Waals surface area contributed by atoms with E-state index in [0.717, 1.165) is 6.42 Å². The predicted octanol–water partition coefficient (Wildman–Crippen LogP) is 3.04. The number of amides is 1. The quantitative estimate of drug-likeness (QED) is 0.562. The van der Waals surface area contributed by atoms with Gasteiger partial charge in [0, 0.05) is 11.1 Å². The van der Waals surface area contributed by atoms with E-state index in [-0.39, 0.29) is 12.5 Å². The average molecular weight is 370 g/mol. The molecule has 1 saturated carbocycles. The van der Waals surface area contributed by atoms with Crippen molar-refractivity contribution in [1.29, 1.82) is 0 Å². The molecular weight excluding hydrogens is 346 g/mol. The molecule has 0 aromatic heterocycles. The van der Waals surface area contributed by atoms with Crippen molar-refractivity contribution in [2.24, 2.45) is 11.8 Å². The normalized spacial score (nSPS) is 23.2. The molecule has 0 heterocycles. The third-order valence-corrected chi connectivity index (χ3v) is 4.96. The molecule has 0 aliphatic heterocycles. The lowest BCUT2D eigenvalue weighted by Gasteiger charge is -2.35. The first kappa shape index (κ1) is 18.8. The van der Waals surface area contributed by atoms with Gasteiger partial charge in [0.2, 0.25) is 0 Å². The minimum absolute atomic E-state index is 0.118. The summed E-state index contributed by atoms with van der Waals surface area (Å²) in [5.74, 6) is 1.47. The van der Waals surface area contributed by atoms with Crippen LogP contribution in [-0.2, 0) is 4.79 Å². The molecular formula is C17H24ClN3O2S. The zero-order chi connectivity index (χ0) is 17.5. The summed E-state index contributed by atoms with van der Waals surface area (Å²) in [6.45, 7) is 4.39. The minimum atomic E-state index is -0.316. The van der Waals surface area contributed by atoms with Crippen molar-refractivity contribution in [3.8, 4) is 5.75 Å². The molecule has 1 fully saturated rings. The van der Waals surface area contributed by atoms with Crippen LogP contribution in [0.5, 0.6) is 5.75 Å². The number of halogens is 1. The van der Waals surface area contributed by atoms with E-state index in [0.29, 0.717) is 33.8 Å². The van der Waals surface area contributed by atoms with E-state index in [1.165, 1.54) is 12.8 Å². The van der Waals surface area contributed by atoms with Crippen LogP contribution >= 0.6 is 23.8 Å². The van der Waals surface area contributed by atoms with Crippen molar-refractivity contribution in [3.05, 3.63) is 29.3 Å². The molecule has 2 rings (SSSR count). The van der Waals surface area contributed by atoms with Gasteiger partial charge in [-0.2, -0.15) is 0 Å². The van der Waals surface area contributed by atoms with Gasteiger partial charge < -0.3 is 10.1 Å². The van der Waals surface area contributed by atoms with E-state index in [4.69, 9.17) is 28.6 Å². The van der Waals surface area contributed by atoms with Gasteiger partial charge in [-0.3, -0.25) is 15.6 Å². The van der Waals surface area contributed by atoms with Gasteiger partial charge in [-0.1, -0.05) is 44.4 Å². The second-order valence-corrected chi connectivity index (χ2v) is 7.11.